The van der Waals surface area contributed by atoms with Gasteiger partial charge in [0.15, 0.2) is 5.69 Å². The fourth-order valence-corrected chi connectivity index (χ4v) is 3.00. The topological polar surface area (TPSA) is 75.2 Å². The molecule has 2 heterocycles. The number of aromatic nitrogens is 2. The van der Waals surface area contributed by atoms with Gasteiger partial charge in [-0.1, -0.05) is 11.6 Å². The number of carbonyl (C=O) groups is 2. The van der Waals surface area contributed by atoms with Crippen molar-refractivity contribution in [1.29, 1.82) is 0 Å². The second-order valence-electron chi connectivity index (χ2n) is 5.65. The Hall–Kier alpha value is -2.06. The molecule has 1 saturated heterocycles. The van der Waals surface area contributed by atoms with Gasteiger partial charge in [0, 0.05) is 30.6 Å². The average Bonchev–Trinajstić information content (AvgIpc) is 3.02. The van der Waals surface area contributed by atoms with Crippen molar-refractivity contribution >= 4 is 35.1 Å². The molecule has 1 fully saturated rings. The minimum atomic E-state index is -0.614. The fraction of sp³-hybridized carbons (Fsp3) is 0.333. The van der Waals surface area contributed by atoms with Crippen molar-refractivity contribution in [2.45, 2.75) is 13.0 Å². The molecule has 2 aromatic rings. The van der Waals surface area contributed by atoms with E-state index >= 15 is 0 Å². The summed E-state index contributed by atoms with van der Waals surface area (Å²) in [6.07, 6.45) is 1.42. The highest BCUT2D eigenvalue weighted by atomic mass is 35.5. The van der Waals surface area contributed by atoms with Crippen LogP contribution in [-0.2, 0) is 0 Å². The highest BCUT2D eigenvalue weighted by Crippen LogP contribution is 2.23. The highest BCUT2D eigenvalue weighted by Gasteiger charge is 2.35. The molecule has 24 heavy (non-hydrogen) atoms. The first-order valence-electron chi connectivity index (χ1n) is 7.28. The second kappa shape index (κ2) is 6.82. The Kier molecular flexibility index (Phi) is 4.77. The third-order valence-electron chi connectivity index (χ3n) is 4.02. The standard InChI is InChI=1S/C15H14ClFN4O2S/c1-8(19-14(22)13-5-18-24-20-13)10-6-21(7-10)15(23)9-2-3-11(16)12(17)4-9/h2-5,8,10H,6-7H2,1H3,(H,19,22). The van der Waals surface area contributed by atoms with Gasteiger partial charge < -0.3 is 10.2 Å². The van der Waals surface area contributed by atoms with E-state index in [9.17, 15) is 14.0 Å². The molecule has 0 aliphatic carbocycles. The molecule has 1 unspecified atom stereocenters. The molecule has 0 saturated carbocycles. The van der Waals surface area contributed by atoms with Crippen LogP contribution in [-0.4, -0.2) is 44.6 Å². The summed E-state index contributed by atoms with van der Waals surface area (Å²) in [4.78, 5) is 25.8. The lowest BCUT2D eigenvalue weighted by atomic mass is 9.91. The van der Waals surface area contributed by atoms with Crippen molar-refractivity contribution in [2.75, 3.05) is 13.1 Å². The van der Waals surface area contributed by atoms with E-state index in [0.717, 1.165) is 17.8 Å². The molecule has 3 rings (SSSR count). The Morgan fingerprint density at radius 1 is 1.46 bits per heavy atom. The van der Waals surface area contributed by atoms with E-state index in [1.807, 2.05) is 6.92 Å². The molecule has 0 spiro atoms. The number of carbonyl (C=O) groups excluding carboxylic acids is 2. The largest absolute Gasteiger partial charge is 0.348 e. The van der Waals surface area contributed by atoms with Gasteiger partial charge in [0.1, 0.15) is 5.82 Å². The molecule has 0 radical (unpaired) electrons. The van der Waals surface area contributed by atoms with Gasteiger partial charge in [0.25, 0.3) is 11.8 Å². The van der Waals surface area contributed by atoms with Gasteiger partial charge in [0.05, 0.1) is 22.9 Å². The summed E-state index contributed by atoms with van der Waals surface area (Å²) < 4.78 is 21.1. The minimum Gasteiger partial charge on any atom is -0.348 e. The summed E-state index contributed by atoms with van der Waals surface area (Å²) in [6.45, 7) is 2.88. The van der Waals surface area contributed by atoms with Gasteiger partial charge in [0.2, 0.25) is 0 Å². The van der Waals surface area contributed by atoms with E-state index in [4.69, 9.17) is 11.6 Å². The lowest BCUT2D eigenvalue weighted by molar-refractivity contribution is 0.0429. The van der Waals surface area contributed by atoms with Crippen molar-refractivity contribution in [3.63, 3.8) is 0 Å². The summed E-state index contributed by atoms with van der Waals surface area (Å²) in [7, 11) is 0. The van der Waals surface area contributed by atoms with Crippen molar-refractivity contribution < 1.29 is 14.0 Å². The van der Waals surface area contributed by atoms with Crippen LogP contribution in [0.3, 0.4) is 0 Å². The molecule has 126 valence electrons. The average molecular weight is 369 g/mol. The maximum atomic E-state index is 13.4. The Morgan fingerprint density at radius 3 is 2.83 bits per heavy atom. The van der Waals surface area contributed by atoms with Crippen molar-refractivity contribution in [1.82, 2.24) is 19.0 Å². The molecule has 1 aliphatic heterocycles. The number of rotatable bonds is 4. The molecule has 1 aliphatic rings. The Labute approximate surface area is 147 Å². The molecular weight excluding hydrogens is 355 g/mol. The zero-order valence-corrected chi connectivity index (χ0v) is 14.3. The quantitative estimate of drug-likeness (QED) is 0.897. The van der Waals surface area contributed by atoms with E-state index in [1.165, 1.54) is 18.3 Å². The molecule has 1 aromatic heterocycles. The SMILES string of the molecule is CC(NC(=O)c1cnsn1)C1CN(C(=O)c2ccc(Cl)c(F)c2)C1. The summed E-state index contributed by atoms with van der Waals surface area (Å²) in [5.74, 6) is -0.997. The number of nitrogens with zero attached hydrogens (tertiary/aromatic N) is 3. The van der Waals surface area contributed by atoms with Crippen molar-refractivity contribution in [3.05, 3.63) is 46.5 Å². The second-order valence-corrected chi connectivity index (χ2v) is 6.62. The van der Waals surface area contributed by atoms with Crippen LogP contribution in [0.15, 0.2) is 24.4 Å². The van der Waals surface area contributed by atoms with E-state index < -0.39 is 5.82 Å². The normalized spacial score (nSPS) is 15.7. The Balaban J connectivity index is 1.53. The third kappa shape index (κ3) is 3.39. The van der Waals surface area contributed by atoms with Crippen molar-refractivity contribution in [2.24, 2.45) is 5.92 Å². The highest BCUT2D eigenvalue weighted by molar-refractivity contribution is 6.99. The molecule has 1 atom stereocenters. The first-order valence-corrected chi connectivity index (χ1v) is 8.39. The van der Waals surface area contributed by atoms with Crippen molar-refractivity contribution in [3.8, 4) is 0 Å². The van der Waals surface area contributed by atoms with Crippen LogP contribution in [0, 0.1) is 11.7 Å². The van der Waals surface area contributed by atoms with E-state index in [1.54, 1.807) is 4.90 Å². The van der Waals surface area contributed by atoms with Crippen LogP contribution in [0.5, 0.6) is 0 Å². The number of benzene rings is 1. The maximum absolute atomic E-state index is 13.4. The number of likely N-dealkylation sites (tertiary alicyclic amines) is 1. The third-order valence-corrected chi connectivity index (χ3v) is 4.81. The number of nitrogens with one attached hydrogen (secondary N) is 1. The number of halogens is 2. The van der Waals surface area contributed by atoms with Gasteiger partial charge in [-0.2, -0.15) is 8.75 Å². The summed E-state index contributed by atoms with van der Waals surface area (Å²) in [5.41, 5.74) is 0.552. The maximum Gasteiger partial charge on any atom is 0.272 e. The lowest BCUT2D eigenvalue weighted by Gasteiger charge is -2.42. The number of hydrogen-bond donors (Lipinski definition) is 1. The van der Waals surface area contributed by atoms with Crippen LogP contribution >= 0.6 is 23.3 Å². The summed E-state index contributed by atoms with van der Waals surface area (Å²) >= 11 is 6.59. The van der Waals surface area contributed by atoms with E-state index in [2.05, 4.69) is 14.1 Å². The lowest BCUT2D eigenvalue weighted by Crippen LogP contribution is -2.57. The zero-order valence-electron chi connectivity index (χ0n) is 12.7. The van der Waals surface area contributed by atoms with Crippen LogP contribution in [0.25, 0.3) is 0 Å². The molecule has 0 bridgehead atoms. The first kappa shape index (κ1) is 16.8. The molecule has 1 aromatic carbocycles. The predicted octanol–water partition coefficient (Wildman–Crippen LogP) is 2.22. The molecule has 2 amide bonds. The first-order chi connectivity index (χ1) is 11.5. The van der Waals surface area contributed by atoms with Crippen LogP contribution in [0.4, 0.5) is 4.39 Å². The predicted molar refractivity (Wildman–Crippen MR) is 87.6 cm³/mol. The van der Waals surface area contributed by atoms with Gasteiger partial charge in [-0.15, -0.1) is 0 Å². The summed E-state index contributed by atoms with van der Waals surface area (Å²) in [5, 5.41) is 2.84. The van der Waals surface area contributed by atoms with Gasteiger partial charge in [-0.05, 0) is 25.1 Å². The minimum absolute atomic E-state index is 0.0131. The number of amides is 2. The van der Waals surface area contributed by atoms with E-state index in [-0.39, 0.29) is 40.1 Å². The van der Waals surface area contributed by atoms with Crippen LogP contribution in [0.1, 0.15) is 27.8 Å². The fourth-order valence-electron chi connectivity index (χ4n) is 2.47. The Morgan fingerprint density at radius 2 is 2.21 bits per heavy atom. The van der Waals surface area contributed by atoms with Gasteiger partial charge in [-0.25, -0.2) is 4.39 Å². The zero-order chi connectivity index (χ0) is 17.3. The number of hydrogen-bond acceptors (Lipinski definition) is 5. The molecule has 1 N–H and O–H groups in total. The van der Waals surface area contributed by atoms with E-state index in [0.29, 0.717) is 13.1 Å². The van der Waals surface area contributed by atoms with Gasteiger partial charge >= 0.3 is 0 Å². The van der Waals surface area contributed by atoms with Crippen LogP contribution < -0.4 is 5.32 Å². The molecular formula is C15H14ClFN4O2S. The van der Waals surface area contributed by atoms with Gasteiger partial charge in [-0.3, -0.25) is 9.59 Å². The smallest absolute Gasteiger partial charge is 0.272 e. The molecule has 6 nitrogen and oxygen atoms in total. The summed E-state index contributed by atoms with van der Waals surface area (Å²) in [6, 6.07) is 3.90. The molecule has 9 heteroatoms. The monoisotopic (exact) mass is 368 g/mol. The Bertz CT molecular complexity index is 765. The van der Waals surface area contributed by atoms with Crippen LogP contribution in [0.2, 0.25) is 5.02 Å².